The van der Waals surface area contributed by atoms with Crippen molar-refractivity contribution in [2.45, 2.75) is 12.6 Å². The molecule has 1 aromatic carbocycles. The third kappa shape index (κ3) is 3.50. The van der Waals surface area contributed by atoms with E-state index in [0.717, 1.165) is 5.56 Å². The van der Waals surface area contributed by atoms with Crippen molar-refractivity contribution >= 4 is 5.84 Å². The quantitative estimate of drug-likeness (QED) is 0.541. The fraction of sp³-hybridized carbons (Fsp3) is 0.462. The maximum atomic E-state index is 13.5. The molecule has 1 atom stereocenters. The van der Waals surface area contributed by atoms with Gasteiger partial charge in [0.25, 0.3) is 0 Å². The standard InChI is InChI=1S/C13H18FN3O2/c14-11-4-9(3-10(5-11)13(15)16)6-17-1-2-19-8-12(17)7-18/h3-5,12,18H,1-2,6-8H2,(H3,15,16). The van der Waals surface area contributed by atoms with Crippen LogP contribution >= 0.6 is 0 Å². The van der Waals surface area contributed by atoms with Gasteiger partial charge in [-0.05, 0) is 23.8 Å². The average Bonchev–Trinajstić information content (AvgIpc) is 2.38. The second-order valence-corrected chi connectivity index (χ2v) is 4.64. The summed E-state index contributed by atoms with van der Waals surface area (Å²) in [5.41, 5.74) is 6.50. The molecule has 0 aromatic heterocycles. The van der Waals surface area contributed by atoms with Gasteiger partial charge in [-0.3, -0.25) is 10.3 Å². The van der Waals surface area contributed by atoms with Crippen molar-refractivity contribution in [3.8, 4) is 0 Å². The second-order valence-electron chi connectivity index (χ2n) is 4.64. The summed E-state index contributed by atoms with van der Waals surface area (Å²) in [5, 5.41) is 16.6. The molecule has 0 saturated carbocycles. The van der Waals surface area contributed by atoms with Gasteiger partial charge in [0.05, 0.1) is 25.9 Å². The van der Waals surface area contributed by atoms with Gasteiger partial charge >= 0.3 is 0 Å². The first-order valence-corrected chi connectivity index (χ1v) is 6.16. The van der Waals surface area contributed by atoms with E-state index in [1.807, 2.05) is 4.90 Å². The van der Waals surface area contributed by atoms with Gasteiger partial charge in [-0.2, -0.15) is 0 Å². The van der Waals surface area contributed by atoms with Gasteiger partial charge in [-0.15, -0.1) is 0 Å². The van der Waals surface area contributed by atoms with Gasteiger partial charge < -0.3 is 15.6 Å². The Morgan fingerprint density at radius 3 is 3.00 bits per heavy atom. The van der Waals surface area contributed by atoms with Crippen LogP contribution in [0.3, 0.4) is 0 Å². The van der Waals surface area contributed by atoms with E-state index < -0.39 is 5.82 Å². The van der Waals surface area contributed by atoms with Gasteiger partial charge in [-0.25, -0.2) is 4.39 Å². The van der Waals surface area contributed by atoms with Crippen molar-refractivity contribution in [2.75, 3.05) is 26.4 Å². The number of nitrogens with two attached hydrogens (primary N) is 1. The number of hydrogen-bond acceptors (Lipinski definition) is 4. The molecule has 19 heavy (non-hydrogen) atoms. The van der Waals surface area contributed by atoms with E-state index >= 15 is 0 Å². The summed E-state index contributed by atoms with van der Waals surface area (Å²) in [4.78, 5) is 2.04. The molecule has 2 rings (SSSR count). The zero-order valence-electron chi connectivity index (χ0n) is 10.6. The van der Waals surface area contributed by atoms with Crippen LogP contribution in [0.25, 0.3) is 0 Å². The number of nitrogens with one attached hydrogen (secondary N) is 1. The van der Waals surface area contributed by atoms with Crippen LogP contribution in [0.15, 0.2) is 18.2 Å². The van der Waals surface area contributed by atoms with Crippen LogP contribution < -0.4 is 5.73 Å². The highest BCUT2D eigenvalue weighted by atomic mass is 19.1. The van der Waals surface area contributed by atoms with Crippen LogP contribution in [0.2, 0.25) is 0 Å². The van der Waals surface area contributed by atoms with E-state index in [2.05, 4.69) is 0 Å². The normalized spacial score (nSPS) is 20.4. The van der Waals surface area contributed by atoms with Crippen LogP contribution in [0.1, 0.15) is 11.1 Å². The summed E-state index contributed by atoms with van der Waals surface area (Å²) in [5.74, 6) is -0.557. The maximum absolute atomic E-state index is 13.5. The molecular formula is C13H18FN3O2. The highest BCUT2D eigenvalue weighted by molar-refractivity contribution is 5.95. The number of rotatable bonds is 4. The van der Waals surface area contributed by atoms with Gasteiger partial charge in [0, 0.05) is 18.7 Å². The summed E-state index contributed by atoms with van der Waals surface area (Å²) < 4.78 is 18.8. The third-order valence-corrected chi connectivity index (χ3v) is 3.21. The average molecular weight is 267 g/mol. The number of morpholine rings is 1. The fourth-order valence-electron chi connectivity index (χ4n) is 2.20. The molecule has 1 saturated heterocycles. The van der Waals surface area contributed by atoms with E-state index in [4.69, 9.17) is 15.9 Å². The molecule has 0 amide bonds. The van der Waals surface area contributed by atoms with E-state index in [9.17, 15) is 9.50 Å². The summed E-state index contributed by atoms with van der Waals surface area (Å²) in [6, 6.07) is 4.30. The minimum atomic E-state index is -0.406. The lowest BCUT2D eigenvalue weighted by molar-refractivity contribution is -0.0312. The molecule has 0 radical (unpaired) electrons. The molecule has 1 fully saturated rings. The molecule has 1 heterocycles. The lowest BCUT2D eigenvalue weighted by atomic mass is 10.1. The Morgan fingerprint density at radius 1 is 1.53 bits per heavy atom. The van der Waals surface area contributed by atoms with Crippen molar-refractivity contribution in [2.24, 2.45) is 5.73 Å². The van der Waals surface area contributed by atoms with E-state index in [1.165, 1.54) is 12.1 Å². The number of ether oxygens (including phenoxy) is 1. The molecule has 1 aliphatic rings. The smallest absolute Gasteiger partial charge is 0.124 e. The molecule has 1 unspecified atom stereocenters. The summed E-state index contributed by atoms with van der Waals surface area (Å²) in [7, 11) is 0. The fourth-order valence-corrected chi connectivity index (χ4v) is 2.20. The molecule has 5 nitrogen and oxygen atoms in total. The molecule has 6 heteroatoms. The SMILES string of the molecule is N=C(N)c1cc(F)cc(CN2CCOCC2CO)c1. The van der Waals surface area contributed by atoms with Crippen molar-refractivity contribution in [1.82, 2.24) is 4.90 Å². The third-order valence-electron chi connectivity index (χ3n) is 3.21. The van der Waals surface area contributed by atoms with Crippen LogP contribution in [0, 0.1) is 11.2 Å². The predicted molar refractivity (Wildman–Crippen MR) is 69.5 cm³/mol. The van der Waals surface area contributed by atoms with Crippen molar-refractivity contribution < 1.29 is 14.2 Å². The highest BCUT2D eigenvalue weighted by Crippen LogP contribution is 2.15. The minimum absolute atomic E-state index is 0.00881. The Labute approximate surface area is 111 Å². The van der Waals surface area contributed by atoms with Gasteiger partial charge in [0.15, 0.2) is 0 Å². The van der Waals surface area contributed by atoms with Crippen LogP contribution in [0.5, 0.6) is 0 Å². The number of aliphatic hydroxyl groups is 1. The predicted octanol–water partition coefficient (Wildman–Crippen LogP) is 0.303. The number of nitrogen functional groups attached to an aromatic ring is 1. The summed E-state index contributed by atoms with van der Waals surface area (Å²) >= 11 is 0. The van der Waals surface area contributed by atoms with E-state index in [1.54, 1.807) is 6.07 Å². The monoisotopic (exact) mass is 267 g/mol. The molecule has 1 aromatic rings. The molecule has 0 spiro atoms. The first-order valence-electron chi connectivity index (χ1n) is 6.16. The zero-order valence-corrected chi connectivity index (χ0v) is 10.6. The Morgan fingerprint density at radius 2 is 2.32 bits per heavy atom. The number of hydrogen-bond donors (Lipinski definition) is 3. The molecule has 0 bridgehead atoms. The minimum Gasteiger partial charge on any atom is -0.395 e. The number of aliphatic hydroxyl groups excluding tert-OH is 1. The molecule has 4 N–H and O–H groups in total. The van der Waals surface area contributed by atoms with Crippen LogP contribution in [-0.2, 0) is 11.3 Å². The number of nitrogens with zero attached hydrogens (tertiary/aromatic N) is 1. The Bertz CT molecular complexity index is 467. The Kier molecular flexibility index (Phi) is 4.47. The van der Waals surface area contributed by atoms with Crippen LogP contribution in [0.4, 0.5) is 4.39 Å². The highest BCUT2D eigenvalue weighted by Gasteiger charge is 2.22. The molecule has 104 valence electrons. The lowest BCUT2D eigenvalue weighted by Crippen LogP contribution is -2.46. The number of amidine groups is 1. The van der Waals surface area contributed by atoms with Crippen LogP contribution in [-0.4, -0.2) is 48.2 Å². The van der Waals surface area contributed by atoms with E-state index in [-0.39, 0.29) is 18.5 Å². The first kappa shape index (κ1) is 13.9. The van der Waals surface area contributed by atoms with Crippen molar-refractivity contribution in [3.63, 3.8) is 0 Å². The first-order chi connectivity index (χ1) is 9.10. The lowest BCUT2D eigenvalue weighted by Gasteiger charge is -2.34. The Hall–Kier alpha value is -1.50. The summed E-state index contributed by atoms with van der Waals surface area (Å²) in [6.45, 7) is 2.29. The van der Waals surface area contributed by atoms with Gasteiger partial charge in [0.1, 0.15) is 11.7 Å². The molecule has 1 aliphatic heterocycles. The largest absolute Gasteiger partial charge is 0.395 e. The second kappa shape index (κ2) is 6.10. The van der Waals surface area contributed by atoms with Crippen molar-refractivity contribution in [3.05, 3.63) is 35.1 Å². The molecular weight excluding hydrogens is 249 g/mol. The molecule has 0 aliphatic carbocycles. The van der Waals surface area contributed by atoms with E-state index in [0.29, 0.717) is 31.9 Å². The van der Waals surface area contributed by atoms with Gasteiger partial charge in [0.2, 0.25) is 0 Å². The van der Waals surface area contributed by atoms with Gasteiger partial charge in [-0.1, -0.05) is 0 Å². The number of halogens is 1. The number of benzene rings is 1. The maximum Gasteiger partial charge on any atom is 0.124 e. The topological polar surface area (TPSA) is 82.6 Å². The summed E-state index contributed by atoms with van der Waals surface area (Å²) in [6.07, 6.45) is 0. The zero-order chi connectivity index (χ0) is 13.8. The van der Waals surface area contributed by atoms with Crippen molar-refractivity contribution in [1.29, 1.82) is 5.41 Å². The Balaban J connectivity index is 2.15.